The molecule has 0 bridgehead atoms. The van der Waals surface area contributed by atoms with Crippen LogP contribution in [0.4, 0.5) is 0 Å². The zero-order valence-corrected chi connectivity index (χ0v) is 9.78. The molecule has 0 aromatic heterocycles. The highest BCUT2D eigenvalue weighted by atomic mass is 16.6. The number of allylic oxidation sites excluding steroid dienone is 7. The van der Waals surface area contributed by atoms with Crippen LogP contribution in [-0.4, -0.2) is 24.3 Å². The Morgan fingerprint density at radius 3 is 2.33 bits per heavy atom. The van der Waals surface area contributed by atoms with E-state index in [9.17, 15) is 9.90 Å². The number of esters is 1. The minimum atomic E-state index is -0.309. The summed E-state index contributed by atoms with van der Waals surface area (Å²) in [5.41, 5.74) is 0.614. The van der Waals surface area contributed by atoms with Crippen LogP contribution >= 0.6 is 0 Å². The average Bonchev–Trinajstić information content (AvgIpc) is 3.05. The molecule has 0 aromatic rings. The van der Waals surface area contributed by atoms with E-state index in [0.717, 1.165) is 0 Å². The molecule has 0 spiro atoms. The highest BCUT2D eigenvalue weighted by molar-refractivity contribution is 5.77. The average molecular weight is 246 g/mol. The van der Waals surface area contributed by atoms with Gasteiger partial charge in [0.15, 0.2) is 0 Å². The Hall–Kier alpha value is -2.23. The first kappa shape index (κ1) is 12.2. The lowest BCUT2D eigenvalue weighted by atomic mass is 10.2. The molecular weight excluding hydrogens is 232 g/mol. The van der Waals surface area contributed by atoms with Gasteiger partial charge in [0.25, 0.3) is 5.95 Å². The Morgan fingerprint density at radius 1 is 1.06 bits per heavy atom. The van der Waals surface area contributed by atoms with Crippen molar-refractivity contribution in [1.82, 2.24) is 0 Å². The van der Waals surface area contributed by atoms with Gasteiger partial charge in [-0.3, -0.25) is 4.79 Å². The number of hydrogen-bond acceptors (Lipinski definition) is 4. The summed E-state index contributed by atoms with van der Waals surface area (Å²) in [5, 5.41) is 9.52. The third-order valence-electron chi connectivity index (χ3n) is 2.50. The molecule has 4 heteroatoms. The number of carbonyl (C=O) groups is 1. The Kier molecular flexibility index (Phi) is 4.02. The molecule has 0 saturated carbocycles. The maximum Gasteiger partial charge on any atom is 0.316 e. The quantitative estimate of drug-likeness (QED) is 0.459. The zero-order valence-electron chi connectivity index (χ0n) is 9.78. The molecule has 2 aliphatic rings. The van der Waals surface area contributed by atoms with Crippen LogP contribution in [0.15, 0.2) is 60.1 Å². The van der Waals surface area contributed by atoms with Gasteiger partial charge in [0, 0.05) is 0 Å². The Labute approximate surface area is 105 Å². The van der Waals surface area contributed by atoms with Gasteiger partial charge < -0.3 is 14.6 Å². The predicted molar refractivity (Wildman–Crippen MR) is 66.6 cm³/mol. The molecule has 4 nitrogen and oxygen atoms in total. The Morgan fingerprint density at radius 2 is 1.67 bits per heavy atom. The van der Waals surface area contributed by atoms with Gasteiger partial charge in [-0.25, -0.2) is 0 Å². The normalized spacial score (nSPS) is 16.6. The van der Waals surface area contributed by atoms with E-state index in [1.165, 1.54) is 0 Å². The Balaban J connectivity index is 1.67. The Bertz CT molecular complexity index is 440. The van der Waals surface area contributed by atoms with Crippen LogP contribution in [0.2, 0.25) is 0 Å². The van der Waals surface area contributed by atoms with Crippen LogP contribution in [0, 0.1) is 5.92 Å². The third kappa shape index (κ3) is 3.13. The van der Waals surface area contributed by atoms with Crippen molar-refractivity contribution in [2.24, 2.45) is 5.92 Å². The molecule has 94 valence electrons. The lowest BCUT2D eigenvalue weighted by Gasteiger charge is -2.09. The molecule has 18 heavy (non-hydrogen) atoms. The molecule has 0 heterocycles. The second kappa shape index (κ2) is 5.91. The predicted octanol–water partition coefficient (Wildman–Crippen LogP) is 2.18. The van der Waals surface area contributed by atoms with Crippen LogP contribution in [0.1, 0.15) is 0 Å². The number of carbonyl (C=O) groups excluding carboxylic acids is 1. The van der Waals surface area contributed by atoms with Crippen molar-refractivity contribution in [1.29, 1.82) is 0 Å². The molecule has 0 radical (unpaired) electrons. The summed E-state index contributed by atoms with van der Waals surface area (Å²) in [4.78, 5) is 11.5. The topological polar surface area (TPSA) is 55.8 Å². The van der Waals surface area contributed by atoms with E-state index < -0.39 is 0 Å². The number of aliphatic hydroxyl groups is 1. The standard InChI is InChI=1S/C14H14O4/c15-13(11-5-1-2-6-11)17-9-10-18-14(16)12-7-3-4-8-12/h1-8,11,16H,9-10H2. The van der Waals surface area contributed by atoms with E-state index in [0.29, 0.717) is 5.57 Å². The minimum Gasteiger partial charge on any atom is -0.481 e. The van der Waals surface area contributed by atoms with Crippen LogP contribution in [-0.2, 0) is 14.3 Å². The number of rotatable bonds is 5. The van der Waals surface area contributed by atoms with Gasteiger partial charge in [0.2, 0.25) is 0 Å². The summed E-state index contributed by atoms with van der Waals surface area (Å²) in [5.74, 6) is -0.759. The molecule has 0 amide bonds. The molecule has 0 aliphatic heterocycles. The summed E-state index contributed by atoms with van der Waals surface area (Å²) in [7, 11) is 0. The van der Waals surface area contributed by atoms with Crippen molar-refractivity contribution < 1.29 is 19.4 Å². The molecule has 0 aromatic carbocycles. The monoisotopic (exact) mass is 246 g/mol. The fourth-order valence-corrected chi connectivity index (χ4v) is 1.57. The molecule has 0 fully saturated rings. The van der Waals surface area contributed by atoms with Crippen molar-refractivity contribution in [2.45, 2.75) is 0 Å². The fraction of sp³-hybridized carbons (Fsp3) is 0.214. The second-order valence-corrected chi connectivity index (χ2v) is 3.79. The lowest BCUT2D eigenvalue weighted by Crippen LogP contribution is -2.16. The van der Waals surface area contributed by atoms with Crippen molar-refractivity contribution in [3.05, 3.63) is 60.1 Å². The van der Waals surface area contributed by atoms with Gasteiger partial charge in [0.05, 0.1) is 11.5 Å². The maximum atomic E-state index is 11.5. The van der Waals surface area contributed by atoms with E-state index in [2.05, 4.69) is 0 Å². The van der Waals surface area contributed by atoms with Gasteiger partial charge in [-0.05, 0) is 12.2 Å². The SMILES string of the molecule is O=C(OCCOC(O)=C1C=CC=C1)C1C=CC=C1. The van der Waals surface area contributed by atoms with Crippen molar-refractivity contribution >= 4 is 5.97 Å². The molecule has 1 N–H and O–H groups in total. The van der Waals surface area contributed by atoms with E-state index in [1.807, 2.05) is 0 Å². The first-order valence-electron chi connectivity index (χ1n) is 5.70. The van der Waals surface area contributed by atoms with E-state index in [1.54, 1.807) is 48.6 Å². The number of hydrogen-bond donors (Lipinski definition) is 1. The smallest absolute Gasteiger partial charge is 0.316 e. The number of ether oxygens (including phenoxy) is 2. The molecule has 2 rings (SSSR count). The van der Waals surface area contributed by atoms with Crippen molar-refractivity contribution in [3.8, 4) is 0 Å². The third-order valence-corrected chi connectivity index (χ3v) is 2.50. The summed E-state index contributed by atoms with van der Waals surface area (Å²) >= 11 is 0. The number of aliphatic hydroxyl groups excluding tert-OH is 1. The van der Waals surface area contributed by atoms with Gasteiger partial charge in [0.1, 0.15) is 13.2 Å². The van der Waals surface area contributed by atoms with Crippen molar-refractivity contribution in [3.63, 3.8) is 0 Å². The largest absolute Gasteiger partial charge is 0.481 e. The fourth-order valence-electron chi connectivity index (χ4n) is 1.57. The lowest BCUT2D eigenvalue weighted by molar-refractivity contribution is -0.146. The maximum absolute atomic E-state index is 11.5. The van der Waals surface area contributed by atoms with Gasteiger partial charge >= 0.3 is 5.97 Å². The molecule has 2 aliphatic carbocycles. The molecule has 0 unspecified atom stereocenters. The van der Waals surface area contributed by atoms with Gasteiger partial charge in [-0.15, -0.1) is 0 Å². The molecule has 0 atom stereocenters. The first-order valence-corrected chi connectivity index (χ1v) is 5.70. The second-order valence-electron chi connectivity index (χ2n) is 3.79. The summed E-state index contributed by atoms with van der Waals surface area (Å²) < 4.78 is 10.1. The molecular formula is C14H14O4. The highest BCUT2D eigenvalue weighted by Gasteiger charge is 2.15. The summed E-state index contributed by atoms with van der Waals surface area (Å²) in [6.45, 7) is 0.241. The van der Waals surface area contributed by atoms with Crippen LogP contribution in [0.3, 0.4) is 0 Å². The van der Waals surface area contributed by atoms with Crippen molar-refractivity contribution in [2.75, 3.05) is 13.2 Å². The first-order chi connectivity index (χ1) is 8.77. The van der Waals surface area contributed by atoms with Gasteiger partial charge in [-0.2, -0.15) is 0 Å². The van der Waals surface area contributed by atoms with E-state index in [-0.39, 0.29) is 31.0 Å². The van der Waals surface area contributed by atoms with Crippen LogP contribution in [0.5, 0.6) is 0 Å². The highest BCUT2D eigenvalue weighted by Crippen LogP contribution is 2.13. The van der Waals surface area contributed by atoms with E-state index in [4.69, 9.17) is 9.47 Å². The summed E-state index contributed by atoms with van der Waals surface area (Å²) in [6.07, 6.45) is 14.2. The van der Waals surface area contributed by atoms with Gasteiger partial charge in [-0.1, -0.05) is 36.5 Å². The summed E-state index contributed by atoms with van der Waals surface area (Å²) in [6, 6.07) is 0. The van der Waals surface area contributed by atoms with Crippen LogP contribution in [0.25, 0.3) is 0 Å². The van der Waals surface area contributed by atoms with Crippen LogP contribution < -0.4 is 0 Å². The molecule has 0 saturated heterocycles. The zero-order chi connectivity index (χ0) is 12.8. The minimum absolute atomic E-state index is 0.113. The van der Waals surface area contributed by atoms with E-state index >= 15 is 0 Å².